The first kappa shape index (κ1) is 16.7. The summed E-state index contributed by atoms with van der Waals surface area (Å²) in [7, 11) is -3.14. The first-order valence-corrected chi connectivity index (χ1v) is 10.7. The molecule has 2 heterocycles. The summed E-state index contributed by atoms with van der Waals surface area (Å²) in [5.41, 5.74) is 2.19. The fraction of sp³-hybridized carbons (Fsp3) is 0.429. The number of sulfone groups is 1. The third-order valence-electron chi connectivity index (χ3n) is 3.54. The van der Waals surface area contributed by atoms with Crippen LogP contribution in [0.3, 0.4) is 0 Å². The Kier molecular flexibility index (Phi) is 4.90. The van der Waals surface area contributed by atoms with E-state index in [4.69, 9.17) is 0 Å². The molecule has 124 valence electrons. The van der Waals surface area contributed by atoms with Gasteiger partial charge in [0.05, 0.1) is 22.9 Å². The molecule has 3 rings (SSSR count). The van der Waals surface area contributed by atoms with Gasteiger partial charge in [0, 0.05) is 5.69 Å². The van der Waals surface area contributed by atoms with Crippen molar-refractivity contribution in [3.63, 3.8) is 0 Å². The van der Waals surface area contributed by atoms with Gasteiger partial charge in [-0.15, -0.1) is 10.2 Å². The van der Waals surface area contributed by atoms with Gasteiger partial charge >= 0.3 is 0 Å². The predicted molar refractivity (Wildman–Crippen MR) is 93.3 cm³/mol. The SMILES string of the molecule is CCc1ccc(Nc2nnc(S[C@H]3CS(=O)(=O)C[C@H]3O)s2)cc1. The number of hydrogen-bond donors (Lipinski definition) is 2. The van der Waals surface area contributed by atoms with Gasteiger partial charge in [-0.05, 0) is 24.1 Å². The van der Waals surface area contributed by atoms with Gasteiger partial charge in [0.1, 0.15) is 0 Å². The van der Waals surface area contributed by atoms with Gasteiger partial charge in [-0.1, -0.05) is 42.2 Å². The Labute approximate surface area is 143 Å². The summed E-state index contributed by atoms with van der Waals surface area (Å²) >= 11 is 2.63. The molecular weight excluding hydrogens is 354 g/mol. The Morgan fingerprint density at radius 2 is 2.04 bits per heavy atom. The van der Waals surface area contributed by atoms with Crippen LogP contribution in [0.5, 0.6) is 0 Å². The molecule has 2 aromatic rings. The van der Waals surface area contributed by atoms with Crippen molar-refractivity contribution in [3.05, 3.63) is 29.8 Å². The van der Waals surface area contributed by atoms with E-state index < -0.39 is 15.9 Å². The number of rotatable bonds is 5. The summed E-state index contributed by atoms with van der Waals surface area (Å²) in [5, 5.41) is 21.4. The summed E-state index contributed by atoms with van der Waals surface area (Å²) < 4.78 is 23.7. The average Bonchev–Trinajstić information content (AvgIpc) is 3.04. The first-order chi connectivity index (χ1) is 10.9. The second kappa shape index (κ2) is 6.76. The van der Waals surface area contributed by atoms with Crippen molar-refractivity contribution in [3.8, 4) is 0 Å². The molecule has 6 nitrogen and oxygen atoms in total. The number of aliphatic hydroxyl groups excluding tert-OH is 1. The third kappa shape index (κ3) is 4.23. The molecule has 0 amide bonds. The van der Waals surface area contributed by atoms with Crippen LogP contribution >= 0.6 is 23.1 Å². The molecule has 1 aromatic heterocycles. The quantitative estimate of drug-likeness (QED) is 0.831. The fourth-order valence-corrected chi connectivity index (χ4v) is 6.82. The van der Waals surface area contributed by atoms with Gasteiger partial charge in [-0.3, -0.25) is 0 Å². The molecule has 1 aliphatic rings. The maximum absolute atomic E-state index is 11.5. The maximum atomic E-state index is 11.5. The van der Waals surface area contributed by atoms with Gasteiger partial charge in [0.15, 0.2) is 14.2 Å². The van der Waals surface area contributed by atoms with E-state index in [1.165, 1.54) is 28.7 Å². The van der Waals surface area contributed by atoms with Crippen molar-refractivity contribution >= 4 is 43.8 Å². The van der Waals surface area contributed by atoms with Crippen molar-refractivity contribution < 1.29 is 13.5 Å². The smallest absolute Gasteiger partial charge is 0.210 e. The topological polar surface area (TPSA) is 92.2 Å². The number of aryl methyl sites for hydroxylation is 1. The van der Waals surface area contributed by atoms with Crippen LogP contribution in [0.15, 0.2) is 28.6 Å². The molecule has 9 heteroatoms. The summed E-state index contributed by atoms with van der Waals surface area (Å²) in [6.07, 6.45) is 0.152. The minimum Gasteiger partial charge on any atom is -0.391 e. The first-order valence-electron chi connectivity index (χ1n) is 7.20. The molecule has 2 N–H and O–H groups in total. The van der Waals surface area contributed by atoms with E-state index in [0.29, 0.717) is 9.47 Å². The Morgan fingerprint density at radius 1 is 1.30 bits per heavy atom. The summed E-state index contributed by atoms with van der Waals surface area (Å²) in [5.74, 6) is -0.183. The number of benzene rings is 1. The van der Waals surface area contributed by atoms with Crippen molar-refractivity contribution in [2.24, 2.45) is 0 Å². The van der Waals surface area contributed by atoms with Gasteiger partial charge in [0.25, 0.3) is 0 Å². The molecule has 0 saturated carbocycles. The molecule has 1 fully saturated rings. The molecule has 0 unspecified atom stereocenters. The molecule has 2 atom stereocenters. The summed E-state index contributed by atoms with van der Waals surface area (Å²) in [6, 6.07) is 8.08. The highest BCUT2D eigenvalue weighted by molar-refractivity contribution is 8.03. The van der Waals surface area contributed by atoms with E-state index in [-0.39, 0.29) is 16.8 Å². The van der Waals surface area contributed by atoms with Crippen LogP contribution in [0, 0.1) is 0 Å². The monoisotopic (exact) mass is 371 g/mol. The highest BCUT2D eigenvalue weighted by Crippen LogP contribution is 2.34. The zero-order chi connectivity index (χ0) is 16.4. The van der Waals surface area contributed by atoms with Crippen molar-refractivity contribution in [2.45, 2.75) is 29.0 Å². The van der Waals surface area contributed by atoms with Gasteiger partial charge < -0.3 is 10.4 Å². The number of aromatic nitrogens is 2. The molecule has 23 heavy (non-hydrogen) atoms. The van der Waals surface area contributed by atoms with Crippen LogP contribution < -0.4 is 5.32 Å². The molecule has 0 bridgehead atoms. The lowest BCUT2D eigenvalue weighted by atomic mass is 10.1. The van der Waals surface area contributed by atoms with Gasteiger partial charge in [-0.2, -0.15) is 0 Å². The number of anilines is 2. The zero-order valence-corrected chi connectivity index (χ0v) is 14.9. The molecule has 0 spiro atoms. The van der Waals surface area contributed by atoms with Crippen LogP contribution in [0.25, 0.3) is 0 Å². The van der Waals surface area contributed by atoms with Crippen LogP contribution in [-0.2, 0) is 16.3 Å². The van der Waals surface area contributed by atoms with E-state index in [2.05, 4.69) is 34.6 Å². The highest BCUT2D eigenvalue weighted by Gasteiger charge is 2.37. The normalized spacial score (nSPS) is 23.0. The summed E-state index contributed by atoms with van der Waals surface area (Å²) in [6.45, 7) is 2.11. The fourth-order valence-electron chi connectivity index (χ4n) is 2.29. The predicted octanol–water partition coefficient (Wildman–Crippen LogP) is 2.09. The van der Waals surface area contributed by atoms with Crippen molar-refractivity contribution in [1.82, 2.24) is 10.2 Å². The average molecular weight is 372 g/mol. The number of nitrogens with zero attached hydrogens (tertiary/aromatic N) is 2. The minimum absolute atomic E-state index is 0.0142. The Balaban J connectivity index is 1.64. The molecule has 1 aromatic carbocycles. The Hall–Kier alpha value is -1.16. The van der Waals surface area contributed by atoms with E-state index in [1.807, 2.05) is 12.1 Å². The lowest BCUT2D eigenvalue weighted by Crippen LogP contribution is -2.19. The number of nitrogens with one attached hydrogen (secondary N) is 1. The van der Waals surface area contributed by atoms with E-state index in [0.717, 1.165) is 12.1 Å². The van der Waals surface area contributed by atoms with Crippen LogP contribution in [-0.4, -0.2) is 46.6 Å². The summed E-state index contributed by atoms with van der Waals surface area (Å²) in [4.78, 5) is 0. The molecule has 1 aliphatic heterocycles. The second-order valence-electron chi connectivity index (χ2n) is 5.35. The van der Waals surface area contributed by atoms with Gasteiger partial charge in [-0.25, -0.2) is 8.42 Å². The lowest BCUT2D eigenvalue weighted by Gasteiger charge is -2.08. The highest BCUT2D eigenvalue weighted by atomic mass is 32.2. The standard InChI is InChI=1S/C14H17N3O3S3/c1-2-9-3-5-10(6-4-9)15-13-16-17-14(22-13)21-12-8-23(19,20)7-11(12)18/h3-6,11-12,18H,2,7-8H2,1H3,(H,15,16)/t11-,12+/m1/s1. The van der Waals surface area contributed by atoms with Crippen molar-refractivity contribution in [1.29, 1.82) is 0 Å². The third-order valence-corrected chi connectivity index (χ3v) is 7.71. The second-order valence-corrected chi connectivity index (χ2v) is 9.97. The largest absolute Gasteiger partial charge is 0.391 e. The van der Waals surface area contributed by atoms with Crippen molar-refractivity contribution in [2.75, 3.05) is 16.8 Å². The number of aliphatic hydroxyl groups is 1. The minimum atomic E-state index is -3.14. The molecular formula is C14H17N3O3S3. The van der Waals surface area contributed by atoms with Crippen LogP contribution in [0.2, 0.25) is 0 Å². The number of thioether (sulfide) groups is 1. The van der Waals surface area contributed by atoms with Crippen LogP contribution in [0.1, 0.15) is 12.5 Å². The maximum Gasteiger partial charge on any atom is 0.210 e. The lowest BCUT2D eigenvalue weighted by molar-refractivity contribution is 0.207. The van der Waals surface area contributed by atoms with E-state index >= 15 is 0 Å². The van der Waals surface area contributed by atoms with Crippen LogP contribution in [0.4, 0.5) is 10.8 Å². The number of hydrogen-bond acceptors (Lipinski definition) is 8. The van der Waals surface area contributed by atoms with Gasteiger partial charge in [0.2, 0.25) is 5.13 Å². The Morgan fingerprint density at radius 3 is 2.65 bits per heavy atom. The Bertz CT molecular complexity index is 774. The van der Waals surface area contributed by atoms with E-state index in [1.54, 1.807) is 0 Å². The molecule has 0 aliphatic carbocycles. The zero-order valence-electron chi connectivity index (χ0n) is 12.5. The molecule has 1 saturated heterocycles. The molecule has 0 radical (unpaired) electrons. The van der Waals surface area contributed by atoms with E-state index in [9.17, 15) is 13.5 Å².